The third kappa shape index (κ3) is 6.47. The maximum absolute atomic E-state index is 11.2. The van der Waals surface area contributed by atoms with Gasteiger partial charge >= 0.3 is 0 Å². The summed E-state index contributed by atoms with van der Waals surface area (Å²) in [6.07, 6.45) is 2.18. The molecule has 0 fully saturated rings. The molecule has 2 N–H and O–H groups in total. The summed E-state index contributed by atoms with van der Waals surface area (Å²) < 4.78 is 5.08. The van der Waals surface area contributed by atoms with Gasteiger partial charge in [0.05, 0.1) is 5.60 Å². The van der Waals surface area contributed by atoms with Gasteiger partial charge in [-0.25, -0.2) is 0 Å². The molecule has 0 aliphatic carbocycles. The Labute approximate surface area is 92.0 Å². The van der Waals surface area contributed by atoms with Crippen LogP contribution in [0.5, 0.6) is 0 Å². The van der Waals surface area contributed by atoms with Crippen molar-refractivity contribution < 1.29 is 14.6 Å². The van der Waals surface area contributed by atoms with Crippen molar-refractivity contribution >= 4 is 5.91 Å². The second-order valence-electron chi connectivity index (χ2n) is 3.76. The van der Waals surface area contributed by atoms with Crippen LogP contribution in [0.15, 0.2) is 0 Å². The average Bonchev–Trinajstić information content (AvgIpc) is 2.26. The zero-order valence-electron chi connectivity index (χ0n) is 10.0. The molecule has 1 amide bonds. The van der Waals surface area contributed by atoms with Crippen molar-refractivity contribution in [3.05, 3.63) is 0 Å². The smallest absolute Gasteiger partial charge is 0.246 e. The molecule has 0 rings (SSSR count). The van der Waals surface area contributed by atoms with E-state index in [4.69, 9.17) is 4.74 Å². The number of carbonyl (C=O) groups excluding carboxylic acids is 1. The third-order valence-corrected chi connectivity index (χ3v) is 2.51. The number of ether oxygens (including phenoxy) is 1. The van der Waals surface area contributed by atoms with Crippen molar-refractivity contribution in [1.29, 1.82) is 0 Å². The van der Waals surface area contributed by atoms with E-state index >= 15 is 0 Å². The van der Waals surface area contributed by atoms with Crippen molar-refractivity contribution in [1.82, 2.24) is 5.32 Å². The molecule has 0 unspecified atom stereocenters. The first-order valence-electron chi connectivity index (χ1n) is 5.64. The normalized spacial score (nSPS) is 11.5. The second kappa shape index (κ2) is 7.65. The minimum Gasteiger partial charge on any atom is -0.388 e. The third-order valence-electron chi connectivity index (χ3n) is 2.51. The van der Waals surface area contributed by atoms with Gasteiger partial charge < -0.3 is 15.2 Å². The first kappa shape index (κ1) is 14.4. The largest absolute Gasteiger partial charge is 0.388 e. The number of carbonyl (C=O) groups is 1. The summed E-state index contributed by atoms with van der Waals surface area (Å²) in [6, 6.07) is 0. The quantitative estimate of drug-likeness (QED) is 0.598. The van der Waals surface area contributed by atoms with Crippen LogP contribution in [0.2, 0.25) is 0 Å². The van der Waals surface area contributed by atoms with Crippen molar-refractivity contribution in [3.8, 4) is 0 Å². The molecular formula is C11H23NO3. The molecule has 90 valence electrons. The summed E-state index contributed by atoms with van der Waals surface area (Å²) in [7, 11) is 0. The van der Waals surface area contributed by atoms with E-state index in [1.807, 2.05) is 20.8 Å². The van der Waals surface area contributed by atoms with Crippen molar-refractivity contribution in [2.45, 2.75) is 45.6 Å². The van der Waals surface area contributed by atoms with Crippen LogP contribution in [0.25, 0.3) is 0 Å². The molecule has 4 heteroatoms. The molecular weight excluding hydrogens is 194 g/mol. The first-order valence-corrected chi connectivity index (χ1v) is 5.64. The lowest BCUT2D eigenvalue weighted by molar-refractivity contribution is -0.127. The Morgan fingerprint density at radius 2 is 1.93 bits per heavy atom. The maximum Gasteiger partial charge on any atom is 0.246 e. The summed E-state index contributed by atoms with van der Waals surface area (Å²) in [5, 5.41) is 12.6. The van der Waals surface area contributed by atoms with E-state index in [2.05, 4.69) is 5.32 Å². The molecule has 0 aliphatic heterocycles. The van der Waals surface area contributed by atoms with Crippen molar-refractivity contribution in [2.24, 2.45) is 0 Å². The fraction of sp³-hybridized carbons (Fsp3) is 0.909. The number of hydrogen-bond donors (Lipinski definition) is 2. The van der Waals surface area contributed by atoms with Crippen molar-refractivity contribution in [2.75, 3.05) is 19.8 Å². The molecule has 0 spiro atoms. The molecule has 0 atom stereocenters. The minimum absolute atomic E-state index is 0.0807. The van der Waals surface area contributed by atoms with E-state index in [-0.39, 0.29) is 12.5 Å². The van der Waals surface area contributed by atoms with Gasteiger partial charge in [0.15, 0.2) is 0 Å². The Balaban J connectivity index is 3.69. The standard InChI is InChI=1S/C11H23NO3/c1-4-7-15-8-10(13)12-9-11(14,5-2)6-3/h14H,4-9H2,1-3H3,(H,12,13). The zero-order chi connectivity index (χ0) is 11.7. The molecule has 0 radical (unpaired) electrons. The highest BCUT2D eigenvalue weighted by molar-refractivity contribution is 5.77. The van der Waals surface area contributed by atoms with Crippen LogP contribution >= 0.6 is 0 Å². The lowest BCUT2D eigenvalue weighted by Gasteiger charge is -2.25. The first-order chi connectivity index (χ1) is 7.08. The van der Waals surface area contributed by atoms with Gasteiger partial charge in [-0.1, -0.05) is 20.8 Å². The Morgan fingerprint density at radius 3 is 2.40 bits per heavy atom. The van der Waals surface area contributed by atoms with Gasteiger partial charge in [0.1, 0.15) is 6.61 Å². The number of rotatable bonds is 8. The Hall–Kier alpha value is -0.610. The summed E-state index contributed by atoms with van der Waals surface area (Å²) in [5.41, 5.74) is -0.777. The van der Waals surface area contributed by atoms with E-state index in [9.17, 15) is 9.90 Å². The summed E-state index contributed by atoms with van der Waals surface area (Å²) in [5.74, 6) is -0.163. The van der Waals surface area contributed by atoms with Crippen molar-refractivity contribution in [3.63, 3.8) is 0 Å². The number of nitrogens with one attached hydrogen (secondary N) is 1. The van der Waals surface area contributed by atoms with Crippen LogP contribution in [-0.4, -0.2) is 36.4 Å². The monoisotopic (exact) mass is 217 g/mol. The molecule has 0 aromatic carbocycles. The van der Waals surface area contributed by atoms with Crippen LogP contribution in [0.1, 0.15) is 40.0 Å². The van der Waals surface area contributed by atoms with E-state index in [0.29, 0.717) is 26.0 Å². The molecule has 0 bridgehead atoms. The second-order valence-corrected chi connectivity index (χ2v) is 3.76. The molecule has 4 nitrogen and oxygen atoms in total. The van der Waals surface area contributed by atoms with Gasteiger partial charge in [-0.05, 0) is 19.3 Å². The molecule has 0 aliphatic rings. The number of aliphatic hydroxyl groups is 1. The van der Waals surface area contributed by atoms with E-state index in [1.54, 1.807) is 0 Å². The summed E-state index contributed by atoms with van der Waals surface area (Å²) in [4.78, 5) is 11.2. The fourth-order valence-electron chi connectivity index (χ4n) is 1.12. The molecule has 0 saturated heterocycles. The molecule has 0 aromatic heterocycles. The maximum atomic E-state index is 11.2. The SMILES string of the molecule is CCCOCC(=O)NCC(O)(CC)CC. The van der Waals surface area contributed by atoms with E-state index in [1.165, 1.54) is 0 Å². The average molecular weight is 217 g/mol. The van der Waals surface area contributed by atoms with Gasteiger partial charge in [0.2, 0.25) is 5.91 Å². The van der Waals surface area contributed by atoms with Gasteiger partial charge in [-0.3, -0.25) is 4.79 Å². The predicted molar refractivity (Wildman–Crippen MR) is 59.7 cm³/mol. The van der Waals surface area contributed by atoms with E-state index in [0.717, 1.165) is 6.42 Å². The lowest BCUT2D eigenvalue weighted by atomic mass is 9.98. The Bertz CT molecular complexity index is 179. The highest BCUT2D eigenvalue weighted by Gasteiger charge is 2.22. The van der Waals surface area contributed by atoms with Crippen LogP contribution in [0, 0.1) is 0 Å². The molecule has 15 heavy (non-hydrogen) atoms. The van der Waals surface area contributed by atoms with E-state index < -0.39 is 5.60 Å². The van der Waals surface area contributed by atoms with Crippen LogP contribution < -0.4 is 5.32 Å². The fourth-order valence-corrected chi connectivity index (χ4v) is 1.12. The Morgan fingerprint density at radius 1 is 1.33 bits per heavy atom. The highest BCUT2D eigenvalue weighted by atomic mass is 16.5. The summed E-state index contributed by atoms with van der Waals surface area (Å²) in [6.45, 7) is 6.78. The van der Waals surface area contributed by atoms with Crippen LogP contribution in [-0.2, 0) is 9.53 Å². The Kier molecular flexibility index (Phi) is 7.34. The van der Waals surface area contributed by atoms with Gasteiger partial charge in [-0.15, -0.1) is 0 Å². The topological polar surface area (TPSA) is 58.6 Å². The predicted octanol–water partition coefficient (Wildman–Crippen LogP) is 1.08. The number of hydrogen-bond acceptors (Lipinski definition) is 3. The van der Waals surface area contributed by atoms with Crippen LogP contribution in [0.4, 0.5) is 0 Å². The van der Waals surface area contributed by atoms with Crippen LogP contribution in [0.3, 0.4) is 0 Å². The molecule has 0 aromatic rings. The van der Waals surface area contributed by atoms with Gasteiger partial charge in [-0.2, -0.15) is 0 Å². The highest BCUT2D eigenvalue weighted by Crippen LogP contribution is 2.12. The lowest BCUT2D eigenvalue weighted by Crippen LogP contribution is -2.43. The molecule has 0 heterocycles. The minimum atomic E-state index is -0.777. The zero-order valence-corrected chi connectivity index (χ0v) is 10.0. The number of amides is 1. The molecule has 0 saturated carbocycles. The van der Waals surface area contributed by atoms with Gasteiger partial charge in [0, 0.05) is 13.2 Å². The van der Waals surface area contributed by atoms with Gasteiger partial charge in [0.25, 0.3) is 0 Å². The summed E-state index contributed by atoms with van der Waals surface area (Å²) >= 11 is 0.